The summed E-state index contributed by atoms with van der Waals surface area (Å²) in [6.45, 7) is 3.35. The van der Waals surface area contributed by atoms with E-state index in [0.717, 1.165) is 17.7 Å². The first-order valence-corrected chi connectivity index (χ1v) is 5.95. The molecule has 0 amide bonds. The molecule has 0 saturated carbocycles. The minimum atomic E-state index is -1.13. The van der Waals surface area contributed by atoms with E-state index in [0.29, 0.717) is 19.8 Å². The molecule has 1 N–H and O–H groups in total. The highest BCUT2D eigenvalue weighted by molar-refractivity contribution is 6.29. The smallest absolute Gasteiger partial charge is 0.329 e. The van der Waals surface area contributed by atoms with E-state index in [9.17, 15) is 14.0 Å². The van der Waals surface area contributed by atoms with Crippen molar-refractivity contribution in [2.45, 2.75) is 6.54 Å². The topological polar surface area (TPSA) is 67.3 Å². The van der Waals surface area contributed by atoms with Crippen LogP contribution in [0.25, 0.3) is 0 Å². The number of hydrogen-bond donors (Lipinski definition) is 1. The Kier molecular flexibility index (Phi) is 4.15. The predicted molar refractivity (Wildman–Crippen MR) is 63.5 cm³/mol. The van der Waals surface area contributed by atoms with Gasteiger partial charge >= 0.3 is 5.69 Å². The summed E-state index contributed by atoms with van der Waals surface area (Å²) in [7, 11) is 0. The first-order chi connectivity index (χ1) is 8.59. The molecule has 2 heterocycles. The third kappa shape index (κ3) is 2.80. The molecule has 1 aliphatic rings. The van der Waals surface area contributed by atoms with Gasteiger partial charge in [-0.1, -0.05) is 11.6 Å². The maximum atomic E-state index is 13.3. The van der Waals surface area contributed by atoms with Gasteiger partial charge in [-0.15, -0.1) is 0 Å². The third-order valence-electron chi connectivity index (χ3n) is 2.83. The largest absolute Gasteiger partial charge is 0.379 e. The zero-order valence-electron chi connectivity index (χ0n) is 9.62. The molecule has 0 aliphatic carbocycles. The van der Waals surface area contributed by atoms with Gasteiger partial charge in [0.1, 0.15) is 0 Å². The van der Waals surface area contributed by atoms with Gasteiger partial charge in [-0.05, 0) is 0 Å². The molecule has 0 spiro atoms. The standard InChI is InChI=1S/C10H13ClFN3O3/c11-8-7(12)9(16)15(10(17)13-8)2-1-14-3-5-18-6-4-14/h1-6H2,(H,13,17). The van der Waals surface area contributed by atoms with Crippen molar-refractivity contribution < 1.29 is 9.13 Å². The molecule has 0 bridgehead atoms. The molecule has 1 aromatic rings. The van der Waals surface area contributed by atoms with Crippen molar-refractivity contribution in [1.29, 1.82) is 0 Å². The molecule has 1 aromatic heterocycles. The first kappa shape index (κ1) is 13.3. The predicted octanol–water partition coefficient (Wildman–Crippen LogP) is -0.339. The first-order valence-electron chi connectivity index (χ1n) is 5.58. The average Bonchev–Trinajstić information content (AvgIpc) is 2.37. The zero-order chi connectivity index (χ0) is 13.1. The lowest BCUT2D eigenvalue weighted by atomic mass is 10.4. The van der Waals surface area contributed by atoms with Crippen molar-refractivity contribution in [2.24, 2.45) is 0 Å². The summed E-state index contributed by atoms with van der Waals surface area (Å²) in [6.07, 6.45) is 0. The lowest BCUT2D eigenvalue weighted by Gasteiger charge is -2.26. The highest BCUT2D eigenvalue weighted by Gasteiger charge is 2.14. The van der Waals surface area contributed by atoms with Crippen LogP contribution < -0.4 is 11.2 Å². The summed E-state index contributed by atoms with van der Waals surface area (Å²) in [5, 5.41) is -0.548. The van der Waals surface area contributed by atoms with Crippen molar-refractivity contribution in [1.82, 2.24) is 14.5 Å². The molecule has 6 nitrogen and oxygen atoms in total. The van der Waals surface area contributed by atoms with Crippen LogP contribution in [0.5, 0.6) is 0 Å². The number of aromatic amines is 1. The zero-order valence-corrected chi connectivity index (χ0v) is 10.4. The average molecular weight is 278 g/mol. The van der Waals surface area contributed by atoms with E-state index in [1.54, 1.807) is 0 Å². The molecule has 18 heavy (non-hydrogen) atoms. The van der Waals surface area contributed by atoms with Gasteiger partial charge in [0, 0.05) is 26.2 Å². The molecule has 8 heteroatoms. The van der Waals surface area contributed by atoms with Crippen molar-refractivity contribution in [2.75, 3.05) is 32.8 Å². The van der Waals surface area contributed by atoms with Crippen LogP contribution in [0.2, 0.25) is 5.15 Å². The molecule has 1 aliphatic heterocycles. The normalized spacial score (nSPS) is 17.0. The van der Waals surface area contributed by atoms with Gasteiger partial charge in [0.15, 0.2) is 5.15 Å². The third-order valence-corrected chi connectivity index (χ3v) is 3.09. The minimum Gasteiger partial charge on any atom is -0.379 e. The fourth-order valence-electron chi connectivity index (χ4n) is 1.79. The van der Waals surface area contributed by atoms with Crippen LogP contribution >= 0.6 is 11.6 Å². The van der Waals surface area contributed by atoms with E-state index < -0.39 is 22.2 Å². The van der Waals surface area contributed by atoms with Crippen LogP contribution in [0.4, 0.5) is 4.39 Å². The second-order valence-electron chi connectivity index (χ2n) is 3.97. The molecule has 100 valence electrons. The van der Waals surface area contributed by atoms with Crippen LogP contribution in [0.3, 0.4) is 0 Å². The molecule has 1 saturated heterocycles. The molecule has 0 unspecified atom stereocenters. The van der Waals surface area contributed by atoms with E-state index in [1.807, 2.05) is 4.90 Å². The summed E-state index contributed by atoms with van der Waals surface area (Å²) in [5.41, 5.74) is -1.68. The van der Waals surface area contributed by atoms with Crippen LogP contribution in [-0.4, -0.2) is 47.3 Å². The number of halogens is 2. The Morgan fingerprint density at radius 3 is 2.61 bits per heavy atom. The highest BCUT2D eigenvalue weighted by atomic mass is 35.5. The van der Waals surface area contributed by atoms with E-state index >= 15 is 0 Å². The number of nitrogens with one attached hydrogen (secondary N) is 1. The van der Waals surface area contributed by atoms with Crippen molar-refractivity contribution in [3.63, 3.8) is 0 Å². The lowest BCUT2D eigenvalue weighted by Crippen LogP contribution is -2.43. The summed E-state index contributed by atoms with van der Waals surface area (Å²) in [4.78, 5) is 27.2. The lowest BCUT2D eigenvalue weighted by molar-refractivity contribution is 0.0361. The van der Waals surface area contributed by atoms with Gasteiger partial charge in [0.2, 0.25) is 5.82 Å². The number of ether oxygens (including phenoxy) is 1. The van der Waals surface area contributed by atoms with Gasteiger partial charge in [0.05, 0.1) is 13.2 Å². The number of hydrogen-bond acceptors (Lipinski definition) is 4. The van der Waals surface area contributed by atoms with Crippen LogP contribution in [0.15, 0.2) is 9.59 Å². The van der Waals surface area contributed by atoms with Crippen LogP contribution in [0.1, 0.15) is 0 Å². The number of rotatable bonds is 3. The molecule has 0 atom stereocenters. The summed E-state index contributed by atoms with van der Waals surface area (Å²) >= 11 is 5.37. The minimum absolute atomic E-state index is 0.127. The molecule has 2 rings (SSSR count). The summed E-state index contributed by atoms with van der Waals surface area (Å²) < 4.78 is 19.3. The Balaban J connectivity index is 2.12. The number of morpholine rings is 1. The van der Waals surface area contributed by atoms with E-state index in [-0.39, 0.29) is 6.54 Å². The fourth-order valence-corrected chi connectivity index (χ4v) is 1.95. The Hall–Kier alpha value is -1.18. The SMILES string of the molecule is O=c1[nH]c(Cl)c(F)c(=O)n1CCN1CCOCC1. The van der Waals surface area contributed by atoms with Gasteiger partial charge in [-0.2, -0.15) is 4.39 Å². The van der Waals surface area contributed by atoms with Crippen molar-refractivity contribution in [3.05, 3.63) is 31.8 Å². The van der Waals surface area contributed by atoms with E-state index in [1.165, 1.54) is 0 Å². The molecule has 0 aromatic carbocycles. The van der Waals surface area contributed by atoms with Crippen LogP contribution in [0, 0.1) is 5.82 Å². The fraction of sp³-hybridized carbons (Fsp3) is 0.600. The quantitative estimate of drug-likeness (QED) is 0.768. The Labute approximate surface area is 107 Å². The monoisotopic (exact) mass is 277 g/mol. The van der Waals surface area contributed by atoms with E-state index in [2.05, 4.69) is 4.98 Å². The Bertz CT molecular complexity index is 536. The van der Waals surface area contributed by atoms with Crippen LogP contribution in [-0.2, 0) is 11.3 Å². The van der Waals surface area contributed by atoms with E-state index in [4.69, 9.17) is 16.3 Å². The Morgan fingerprint density at radius 1 is 1.28 bits per heavy atom. The number of nitrogens with zero attached hydrogens (tertiary/aromatic N) is 2. The Morgan fingerprint density at radius 2 is 1.94 bits per heavy atom. The molecular formula is C10H13ClFN3O3. The maximum absolute atomic E-state index is 13.3. The van der Waals surface area contributed by atoms with Crippen molar-refractivity contribution >= 4 is 11.6 Å². The molecule has 1 fully saturated rings. The van der Waals surface area contributed by atoms with Crippen molar-refractivity contribution in [3.8, 4) is 0 Å². The second-order valence-corrected chi connectivity index (χ2v) is 4.35. The molecular weight excluding hydrogens is 265 g/mol. The van der Waals surface area contributed by atoms with Gasteiger partial charge in [0.25, 0.3) is 5.56 Å². The van der Waals surface area contributed by atoms with Gasteiger partial charge < -0.3 is 4.74 Å². The highest BCUT2D eigenvalue weighted by Crippen LogP contribution is 2.02. The van der Waals surface area contributed by atoms with Gasteiger partial charge in [-0.3, -0.25) is 19.2 Å². The number of aromatic nitrogens is 2. The molecule has 0 radical (unpaired) electrons. The second kappa shape index (κ2) is 5.64. The van der Waals surface area contributed by atoms with Gasteiger partial charge in [-0.25, -0.2) is 4.79 Å². The number of H-pyrrole nitrogens is 1. The summed E-state index contributed by atoms with van der Waals surface area (Å²) in [6, 6.07) is 0. The maximum Gasteiger partial charge on any atom is 0.329 e. The summed E-state index contributed by atoms with van der Waals surface area (Å²) in [5.74, 6) is -1.13.